The topological polar surface area (TPSA) is 75.3 Å². The molecule has 0 aliphatic carbocycles. The van der Waals surface area contributed by atoms with Crippen molar-refractivity contribution in [2.45, 2.75) is 18.6 Å². The van der Waals surface area contributed by atoms with Crippen LogP contribution in [0.1, 0.15) is 5.56 Å². The zero-order valence-electron chi connectivity index (χ0n) is 8.06. The SMILES string of the molecule is NC(Cc1ccccc1)C(O)C(=O)NCl. The van der Waals surface area contributed by atoms with E-state index in [0.29, 0.717) is 6.42 Å². The third-order valence-corrected chi connectivity index (χ3v) is 2.27. The van der Waals surface area contributed by atoms with Crippen LogP contribution >= 0.6 is 11.8 Å². The van der Waals surface area contributed by atoms with Crippen molar-refractivity contribution in [2.24, 2.45) is 5.73 Å². The number of carbonyl (C=O) groups is 1. The van der Waals surface area contributed by atoms with Crippen LogP contribution in [0, 0.1) is 0 Å². The minimum absolute atomic E-state index is 0.423. The van der Waals surface area contributed by atoms with E-state index in [9.17, 15) is 9.90 Å². The average molecular weight is 229 g/mol. The van der Waals surface area contributed by atoms with Crippen molar-refractivity contribution in [3.8, 4) is 0 Å². The van der Waals surface area contributed by atoms with Crippen LogP contribution in [0.2, 0.25) is 0 Å². The molecule has 0 aliphatic heterocycles. The average Bonchev–Trinajstić information content (AvgIpc) is 2.28. The van der Waals surface area contributed by atoms with Crippen LogP contribution in [0.5, 0.6) is 0 Å². The number of nitrogens with two attached hydrogens (primary N) is 1. The summed E-state index contributed by atoms with van der Waals surface area (Å²) < 4.78 is 0. The lowest BCUT2D eigenvalue weighted by Gasteiger charge is -2.16. The zero-order valence-corrected chi connectivity index (χ0v) is 8.82. The van der Waals surface area contributed by atoms with Gasteiger partial charge in [-0.1, -0.05) is 30.3 Å². The standard InChI is InChI=1S/C10H13ClN2O2/c11-13-10(15)9(14)8(12)6-7-4-2-1-3-5-7/h1-5,8-9,14H,6,12H2,(H,13,15). The molecule has 4 nitrogen and oxygen atoms in total. The molecule has 0 saturated heterocycles. The second-order valence-corrected chi connectivity index (χ2v) is 3.45. The van der Waals surface area contributed by atoms with Crippen molar-refractivity contribution in [3.63, 3.8) is 0 Å². The molecule has 0 saturated carbocycles. The summed E-state index contributed by atoms with van der Waals surface area (Å²) in [5.41, 5.74) is 6.62. The molecule has 5 heteroatoms. The monoisotopic (exact) mass is 228 g/mol. The van der Waals surface area contributed by atoms with Crippen LogP contribution in [0.3, 0.4) is 0 Å². The maximum Gasteiger partial charge on any atom is 0.264 e. The molecule has 0 radical (unpaired) electrons. The maximum absolute atomic E-state index is 11.0. The van der Waals surface area contributed by atoms with Gasteiger partial charge in [0.2, 0.25) is 0 Å². The van der Waals surface area contributed by atoms with E-state index in [0.717, 1.165) is 5.56 Å². The number of carbonyl (C=O) groups excluding carboxylic acids is 1. The lowest BCUT2D eigenvalue weighted by Crippen LogP contribution is -2.45. The Hall–Kier alpha value is -1.10. The molecule has 1 aromatic carbocycles. The Balaban J connectivity index is 2.56. The first-order valence-electron chi connectivity index (χ1n) is 4.53. The van der Waals surface area contributed by atoms with Gasteiger partial charge in [-0.25, -0.2) is 0 Å². The first-order chi connectivity index (χ1) is 7.15. The van der Waals surface area contributed by atoms with Crippen LogP contribution in [0.15, 0.2) is 30.3 Å². The number of nitrogens with one attached hydrogen (secondary N) is 1. The Morgan fingerprint density at radius 2 is 2.07 bits per heavy atom. The lowest BCUT2D eigenvalue weighted by molar-refractivity contribution is -0.128. The Morgan fingerprint density at radius 3 is 2.60 bits per heavy atom. The Kier molecular flexibility index (Phi) is 4.55. The molecule has 15 heavy (non-hydrogen) atoms. The van der Waals surface area contributed by atoms with Crippen LogP contribution in [-0.2, 0) is 11.2 Å². The van der Waals surface area contributed by atoms with Crippen LogP contribution in [-0.4, -0.2) is 23.2 Å². The van der Waals surface area contributed by atoms with Gasteiger partial charge in [-0.2, -0.15) is 0 Å². The fourth-order valence-electron chi connectivity index (χ4n) is 1.25. The van der Waals surface area contributed by atoms with Gasteiger partial charge >= 0.3 is 0 Å². The molecule has 0 aliphatic rings. The van der Waals surface area contributed by atoms with Crippen molar-refractivity contribution in [1.82, 2.24) is 4.84 Å². The third-order valence-electron chi connectivity index (χ3n) is 2.08. The Morgan fingerprint density at radius 1 is 1.47 bits per heavy atom. The fraction of sp³-hybridized carbons (Fsp3) is 0.300. The van der Waals surface area contributed by atoms with Crippen LogP contribution in [0.25, 0.3) is 0 Å². The molecule has 1 amide bonds. The summed E-state index contributed by atoms with van der Waals surface area (Å²) in [6.45, 7) is 0. The molecule has 0 bridgehead atoms. The van der Waals surface area contributed by atoms with E-state index < -0.39 is 18.1 Å². The van der Waals surface area contributed by atoms with Crippen molar-refractivity contribution < 1.29 is 9.90 Å². The van der Waals surface area contributed by atoms with Crippen LogP contribution in [0.4, 0.5) is 0 Å². The molecule has 0 fully saturated rings. The highest BCUT2D eigenvalue weighted by Gasteiger charge is 2.22. The number of aliphatic hydroxyl groups is 1. The highest BCUT2D eigenvalue weighted by Crippen LogP contribution is 2.04. The number of amides is 1. The van der Waals surface area contributed by atoms with Crippen molar-refractivity contribution >= 4 is 17.7 Å². The fourth-order valence-corrected chi connectivity index (χ4v) is 1.36. The molecular weight excluding hydrogens is 216 g/mol. The van der Waals surface area contributed by atoms with Crippen molar-refractivity contribution in [2.75, 3.05) is 0 Å². The van der Waals surface area contributed by atoms with Gasteiger partial charge in [0.05, 0.1) is 0 Å². The molecule has 2 atom stereocenters. The van der Waals surface area contributed by atoms with E-state index >= 15 is 0 Å². The molecule has 0 spiro atoms. The van der Waals surface area contributed by atoms with E-state index in [4.69, 9.17) is 17.5 Å². The van der Waals surface area contributed by atoms with E-state index in [1.165, 1.54) is 0 Å². The summed E-state index contributed by atoms with van der Waals surface area (Å²) in [7, 11) is 0. The van der Waals surface area contributed by atoms with Gasteiger partial charge in [0.25, 0.3) is 5.91 Å². The summed E-state index contributed by atoms with van der Waals surface area (Å²) in [5, 5.41) is 9.43. The molecule has 4 N–H and O–H groups in total. The summed E-state index contributed by atoms with van der Waals surface area (Å²) in [5.74, 6) is -0.680. The number of halogens is 1. The number of hydrogen-bond donors (Lipinski definition) is 3. The first kappa shape index (κ1) is 12.0. The molecule has 0 heterocycles. The predicted octanol–water partition coefficient (Wildman–Crippen LogP) is 0.187. The highest BCUT2D eigenvalue weighted by molar-refractivity contribution is 6.22. The number of aliphatic hydroxyl groups excluding tert-OH is 1. The molecule has 82 valence electrons. The summed E-state index contributed by atoms with van der Waals surface area (Å²) in [6, 6.07) is 8.73. The Bertz CT molecular complexity index is 318. The highest BCUT2D eigenvalue weighted by atomic mass is 35.5. The number of hydrogen-bond acceptors (Lipinski definition) is 3. The predicted molar refractivity (Wildman–Crippen MR) is 58.1 cm³/mol. The largest absolute Gasteiger partial charge is 0.382 e. The van der Waals surface area contributed by atoms with Gasteiger partial charge in [0.15, 0.2) is 0 Å². The molecule has 1 rings (SSSR count). The van der Waals surface area contributed by atoms with E-state index in [2.05, 4.69) is 0 Å². The van der Waals surface area contributed by atoms with Gasteiger partial charge in [-0.15, -0.1) is 0 Å². The first-order valence-corrected chi connectivity index (χ1v) is 4.91. The lowest BCUT2D eigenvalue weighted by atomic mass is 10.0. The number of benzene rings is 1. The normalized spacial score (nSPS) is 14.3. The molecular formula is C10H13ClN2O2. The Labute approximate surface area is 93.2 Å². The van der Waals surface area contributed by atoms with E-state index in [-0.39, 0.29) is 0 Å². The molecule has 1 aromatic rings. The zero-order chi connectivity index (χ0) is 11.3. The van der Waals surface area contributed by atoms with Gasteiger partial charge in [-0.3, -0.25) is 9.63 Å². The second-order valence-electron chi connectivity index (χ2n) is 3.26. The minimum Gasteiger partial charge on any atom is -0.382 e. The van der Waals surface area contributed by atoms with Crippen LogP contribution < -0.4 is 10.6 Å². The quantitative estimate of drug-likeness (QED) is 0.644. The maximum atomic E-state index is 11.0. The van der Waals surface area contributed by atoms with E-state index in [1.54, 1.807) is 0 Å². The summed E-state index contributed by atoms with van der Waals surface area (Å²) in [4.78, 5) is 12.8. The number of rotatable bonds is 4. The third kappa shape index (κ3) is 3.51. The van der Waals surface area contributed by atoms with Gasteiger partial charge in [0, 0.05) is 17.8 Å². The molecule has 2 unspecified atom stereocenters. The van der Waals surface area contributed by atoms with E-state index in [1.807, 2.05) is 35.2 Å². The van der Waals surface area contributed by atoms with Gasteiger partial charge in [-0.05, 0) is 12.0 Å². The second kappa shape index (κ2) is 5.70. The van der Waals surface area contributed by atoms with Gasteiger partial charge < -0.3 is 10.8 Å². The molecule has 0 aromatic heterocycles. The summed E-state index contributed by atoms with van der Waals surface area (Å²) >= 11 is 5.08. The van der Waals surface area contributed by atoms with Crippen molar-refractivity contribution in [1.29, 1.82) is 0 Å². The van der Waals surface area contributed by atoms with Gasteiger partial charge in [0.1, 0.15) is 6.10 Å². The smallest absolute Gasteiger partial charge is 0.264 e. The van der Waals surface area contributed by atoms with Crippen molar-refractivity contribution in [3.05, 3.63) is 35.9 Å². The summed E-state index contributed by atoms with van der Waals surface area (Å²) in [6.07, 6.45) is -0.866. The minimum atomic E-state index is -1.29.